The number of terminal acetylenes is 1. The maximum Gasteiger partial charge on any atom is 0.262 e. The zero-order valence-corrected chi connectivity index (χ0v) is 31.6. The molecule has 3 aliphatic heterocycles. The van der Waals surface area contributed by atoms with E-state index in [9.17, 15) is 9.00 Å². The molecule has 3 heterocycles. The Kier molecular flexibility index (Phi) is 10.5. The van der Waals surface area contributed by atoms with E-state index < -0.39 is 21.2 Å². The highest BCUT2D eigenvalue weighted by Crippen LogP contribution is 2.49. The van der Waals surface area contributed by atoms with Crippen molar-refractivity contribution in [3.63, 3.8) is 0 Å². The number of aryl methyl sites for hydroxylation is 1. The van der Waals surface area contributed by atoms with Crippen molar-refractivity contribution in [2.45, 2.75) is 68.6 Å². The molecule has 8 nitrogen and oxygen atoms in total. The molecule has 2 bridgehead atoms. The third-order valence-corrected chi connectivity index (χ3v) is 14.8. The van der Waals surface area contributed by atoms with Crippen molar-refractivity contribution in [1.82, 2.24) is 9.62 Å². The first-order chi connectivity index (χ1) is 24.5. The summed E-state index contributed by atoms with van der Waals surface area (Å²) in [4.78, 5) is 18.5. The van der Waals surface area contributed by atoms with Crippen LogP contribution in [-0.4, -0.2) is 90.9 Å². The van der Waals surface area contributed by atoms with Gasteiger partial charge < -0.3 is 19.1 Å². The largest absolute Gasteiger partial charge is 0.490 e. The Morgan fingerprint density at radius 3 is 2.76 bits per heavy atom. The number of nitrogens with one attached hydrogen (secondary N) is 1. The van der Waals surface area contributed by atoms with Crippen molar-refractivity contribution in [3.8, 4) is 18.1 Å². The van der Waals surface area contributed by atoms with Crippen molar-refractivity contribution in [3.05, 3.63) is 70.3 Å². The highest BCUT2D eigenvalue weighted by Gasteiger charge is 2.49. The van der Waals surface area contributed by atoms with Gasteiger partial charge in [-0.25, -0.2) is 4.21 Å². The monoisotopic (exact) mass is 733 g/mol. The van der Waals surface area contributed by atoms with Gasteiger partial charge in [-0.1, -0.05) is 36.6 Å². The van der Waals surface area contributed by atoms with E-state index >= 15 is 0 Å². The average Bonchev–Trinajstić information content (AvgIpc) is 3.26. The number of hydrogen-bond donors (Lipinski definition) is 1. The fraction of sp³-hybridized carbons (Fsp3) is 0.561. The quantitative estimate of drug-likeness (QED) is 0.238. The topological polar surface area (TPSA) is 80.3 Å². The van der Waals surface area contributed by atoms with E-state index in [0.29, 0.717) is 25.2 Å². The second kappa shape index (κ2) is 14.8. The molecule has 51 heavy (non-hydrogen) atoms. The van der Waals surface area contributed by atoms with Gasteiger partial charge in [-0.2, -0.15) is 0 Å². The lowest BCUT2D eigenvalue weighted by Crippen LogP contribution is -2.53. The van der Waals surface area contributed by atoms with E-state index in [0.717, 1.165) is 94.5 Å². The molecule has 0 aromatic heterocycles. The minimum atomic E-state index is -2.98. The zero-order valence-electron chi connectivity index (χ0n) is 30.0. The number of carbonyl (C=O) groups excluding carboxylic acids is 1. The summed E-state index contributed by atoms with van der Waals surface area (Å²) in [5.41, 5.74) is 2.72. The van der Waals surface area contributed by atoms with Gasteiger partial charge >= 0.3 is 0 Å². The van der Waals surface area contributed by atoms with Crippen LogP contribution in [0.25, 0.3) is 0 Å². The molecular formula is C41H52ClN3O5S. The van der Waals surface area contributed by atoms with Gasteiger partial charge in [-0.05, 0) is 111 Å². The van der Waals surface area contributed by atoms with Gasteiger partial charge in [0.2, 0.25) is 0 Å². The Labute approximate surface area is 309 Å². The normalized spacial score (nSPS) is 34.9. The van der Waals surface area contributed by atoms with E-state index in [2.05, 4.69) is 50.6 Å². The first-order valence-corrected chi connectivity index (χ1v) is 20.8. The van der Waals surface area contributed by atoms with Gasteiger partial charge in [-0.15, -0.1) is 6.42 Å². The molecule has 1 N–H and O–H groups in total. The molecule has 2 aliphatic carbocycles. The van der Waals surface area contributed by atoms with Crippen LogP contribution in [0, 0.1) is 30.1 Å². The predicted octanol–water partition coefficient (Wildman–Crippen LogP) is 5.91. The van der Waals surface area contributed by atoms with Crippen molar-refractivity contribution in [2.24, 2.45) is 17.8 Å². The molecule has 1 spiro atoms. The second-order valence-electron chi connectivity index (χ2n) is 15.4. The van der Waals surface area contributed by atoms with Crippen LogP contribution in [0.2, 0.25) is 5.02 Å². The fourth-order valence-corrected chi connectivity index (χ4v) is 10.5. The number of morpholine rings is 1. The standard InChI is InChI=1S/C41H52ClN3O5S/c1-5-41(50-23-20-44-18-21-48-22-19-44)17-6-8-29(2)30(3)51(4,47)43-39(46)32-11-15-38-37(25-32)45(26-33-10-13-36(33)41)27-40(28-49-38)16-7-9-31-24-34(42)12-14-35(31)40/h1,6,11-12,14-15,17,24-25,29-30,33,36H,4,7-10,13,16,18-23,26-28H2,2-3H3,(H,43,46,47)/b17-6+/t29-,30+,33-,36+,40-,41-,51?/m0/s1. The first-order valence-electron chi connectivity index (χ1n) is 18.6. The van der Waals surface area contributed by atoms with E-state index in [4.69, 9.17) is 32.2 Å². The lowest BCUT2D eigenvalue weighted by Gasteiger charge is -2.49. The van der Waals surface area contributed by atoms with Crippen molar-refractivity contribution >= 4 is 38.8 Å². The van der Waals surface area contributed by atoms with E-state index in [1.165, 1.54) is 11.1 Å². The third-order valence-electron chi connectivity index (χ3n) is 12.3. The summed E-state index contributed by atoms with van der Waals surface area (Å²) in [6, 6.07) is 11.8. The number of fused-ring (bicyclic) bond motifs is 4. The summed E-state index contributed by atoms with van der Waals surface area (Å²) in [5, 5.41) is 0.373. The molecule has 2 aromatic carbocycles. The fourth-order valence-electron chi connectivity index (χ4n) is 8.87. The van der Waals surface area contributed by atoms with Crippen LogP contribution >= 0.6 is 11.6 Å². The molecule has 1 saturated heterocycles. The molecule has 7 rings (SSSR count). The first kappa shape index (κ1) is 36.4. The van der Waals surface area contributed by atoms with Gasteiger partial charge in [0.1, 0.15) is 11.4 Å². The Hall–Kier alpha value is -3.00. The molecule has 5 aliphatic rings. The Balaban J connectivity index is 1.28. The minimum absolute atomic E-state index is 0.0270. The second-order valence-corrected chi connectivity index (χ2v) is 18.3. The van der Waals surface area contributed by atoms with E-state index in [1.807, 2.05) is 32.0 Å². The number of benzene rings is 2. The van der Waals surface area contributed by atoms with Gasteiger partial charge in [0.25, 0.3) is 5.91 Å². The summed E-state index contributed by atoms with van der Waals surface area (Å²) in [7, 11) is -2.98. The Morgan fingerprint density at radius 1 is 1.18 bits per heavy atom. The molecule has 1 amide bonds. The van der Waals surface area contributed by atoms with Crippen LogP contribution in [0.4, 0.5) is 5.69 Å². The van der Waals surface area contributed by atoms with Gasteiger partial charge in [0.05, 0.1) is 41.8 Å². The molecule has 274 valence electrons. The van der Waals surface area contributed by atoms with Crippen molar-refractivity contribution in [1.29, 1.82) is 0 Å². The van der Waals surface area contributed by atoms with Crippen LogP contribution in [0.15, 0.2) is 48.6 Å². The summed E-state index contributed by atoms with van der Waals surface area (Å²) < 4.78 is 35.9. The Bertz CT molecular complexity index is 1800. The van der Waals surface area contributed by atoms with Crippen molar-refractivity contribution < 1.29 is 23.2 Å². The number of nitrogens with zero attached hydrogens (tertiary/aromatic N) is 2. The smallest absolute Gasteiger partial charge is 0.262 e. The molecule has 7 atom stereocenters. The summed E-state index contributed by atoms with van der Waals surface area (Å²) in [5.74, 6) is 7.87. The maximum absolute atomic E-state index is 14.0. The number of amides is 1. The highest BCUT2D eigenvalue weighted by molar-refractivity contribution is 7.99. The number of anilines is 1. The SMILES string of the molecule is C#C[C@]1(OCCN2CCOCC2)/C=C/C[C@H](C)[C@@H](C)S(=C)(=O)NC(=O)c2ccc3c(c2)N(C[C@@H]2CC[C@H]21)C[C@@]1(CCCc2cc(Cl)ccc21)CO3. The number of allylic oxidation sites excluding steroid dienone is 1. The molecule has 2 fully saturated rings. The lowest BCUT2D eigenvalue weighted by atomic mass is 9.64. The predicted molar refractivity (Wildman–Crippen MR) is 206 cm³/mol. The number of rotatable bonds is 4. The minimum Gasteiger partial charge on any atom is -0.490 e. The van der Waals surface area contributed by atoms with Crippen LogP contribution in [0.3, 0.4) is 0 Å². The number of ether oxygens (including phenoxy) is 3. The summed E-state index contributed by atoms with van der Waals surface area (Å²) in [6.07, 6.45) is 16.3. The third kappa shape index (κ3) is 7.32. The van der Waals surface area contributed by atoms with Gasteiger partial charge in [-0.3, -0.25) is 14.4 Å². The highest BCUT2D eigenvalue weighted by atomic mass is 35.5. The van der Waals surface area contributed by atoms with E-state index in [1.54, 1.807) is 6.07 Å². The van der Waals surface area contributed by atoms with Crippen molar-refractivity contribution in [2.75, 3.05) is 64.1 Å². The average molecular weight is 734 g/mol. The molecule has 2 aromatic rings. The summed E-state index contributed by atoms with van der Waals surface area (Å²) in [6.45, 7) is 10.5. The number of hydrogen-bond acceptors (Lipinski definition) is 7. The Morgan fingerprint density at radius 2 is 2.00 bits per heavy atom. The molecule has 0 radical (unpaired) electrons. The van der Waals surface area contributed by atoms with Crippen LogP contribution < -0.4 is 14.4 Å². The molecule has 1 unspecified atom stereocenters. The number of halogens is 1. The molecular weight excluding hydrogens is 682 g/mol. The number of carbonyl (C=O) groups is 1. The van der Waals surface area contributed by atoms with Gasteiger partial charge in [0, 0.05) is 59.9 Å². The molecule has 1 saturated carbocycles. The lowest BCUT2D eigenvalue weighted by molar-refractivity contribution is -0.0703. The maximum atomic E-state index is 14.0. The van der Waals surface area contributed by atoms with E-state index in [-0.39, 0.29) is 28.4 Å². The van der Waals surface area contributed by atoms with Crippen LogP contribution in [0.1, 0.15) is 67.4 Å². The van der Waals surface area contributed by atoms with Crippen LogP contribution in [-0.2, 0) is 31.0 Å². The summed E-state index contributed by atoms with van der Waals surface area (Å²) >= 11 is 6.49. The molecule has 10 heteroatoms. The van der Waals surface area contributed by atoms with Gasteiger partial charge in [0.15, 0.2) is 0 Å². The zero-order chi connectivity index (χ0) is 35.8. The van der Waals surface area contributed by atoms with Crippen LogP contribution in [0.5, 0.6) is 5.75 Å².